The van der Waals surface area contributed by atoms with Crippen LogP contribution in [0.2, 0.25) is 0 Å². The number of carbonyl (C=O) groups is 1. The Balaban J connectivity index is 0.000000771. The number of nitrogens with zero attached hydrogens (tertiary/aromatic N) is 2. The molecular formula is C15H20N2O. The first-order valence-electron chi connectivity index (χ1n) is 6.29. The van der Waals surface area contributed by atoms with Gasteiger partial charge in [-0.15, -0.1) is 0 Å². The van der Waals surface area contributed by atoms with Crippen molar-refractivity contribution >= 4 is 6.29 Å². The van der Waals surface area contributed by atoms with Crippen LogP contribution in [0.4, 0.5) is 0 Å². The Labute approximate surface area is 108 Å². The number of aromatic nitrogens is 2. The van der Waals surface area contributed by atoms with Gasteiger partial charge in [0, 0.05) is 12.1 Å². The first-order chi connectivity index (χ1) is 8.81. The van der Waals surface area contributed by atoms with Gasteiger partial charge in [0.25, 0.3) is 0 Å². The van der Waals surface area contributed by atoms with Crippen molar-refractivity contribution in [2.24, 2.45) is 0 Å². The van der Waals surface area contributed by atoms with Crippen LogP contribution in [0.25, 0.3) is 0 Å². The molecule has 0 amide bonds. The summed E-state index contributed by atoms with van der Waals surface area (Å²) >= 11 is 0. The molecule has 0 aliphatic rings. The number of benzene rings is 1. The summed E-state index contributed by atoms with van der Waals surface area (Å²) in [6, 6.07) is 10.2. The molecule has 18 heavy (non-hydrogen) atoms. The fourth-order valence-electron chi connectivity index (χ4n) is 1.76. The predicted octanol–water partition coefficient (Wildman–Crippen LogP) is 3.01. The minimum absolute atomic E-state index is 0.378. The molecule has 1 aromatic heterocycles. The van der Waals surface area contributed by atoms with Gasteiger partial charge in [-0.05, 0) is 12.5 Å². The van der Waals surface area contributed by atoms with E-state index in [-0.39, 0.29) is 0 Å². The molecular weight excluding hydrogens is 224 g/mol. The van der Waals surface area contributed by atoms with Crippen molar-refractivity contribution < 1.29 is 4.79 Å². The van der Waals surface area contributed by atoms with Crippen LogP contribution in [0.3, 0.4) is 0 Å². The van der Waals surface area contributed by atoms with E-state index in [1.807, 2.05) is 43.5 Å². The molecule has 1 aromatic carbocycles. The zero-order valence-corrected chi connectivity index (χ0v) is 11.3. The van der Waals surface area contributed by atoms with Gasteiger partial charge in [0.2, 0.25) is 0 Å². The topological polar surface area (TPSA) is 34.9 Å². The van der Waals surface area contributed by atoms with Crippen LogP contribution in [-0.4, -0.2) is 15.8 Å². The smallest absolute Gasteiger partial charge is 0.139 e. The highest BCUT2D eigenvalue weighted by molar-refractivity contribution is 5.49. The summed E-state index contributed by atoms with van der Waals surface area (Å²) in [4.78, 5) is 14.8. The largest absolute Gasteiger partial charge is 0.327 e. The number of imidazole rings is 1. The predicted molar refractivity (Wildman–Crippen MR) is 73.6 cm³/mol. The van der Waals surface area contributed by atoms with Crippen LogP contribution < -0.4 is 0 Å². The number of aryl methyl sites for hydroxylation is 1. The standard InChI is InChI=1S/C13H14N2O.C2H6/c1-11-13(15(7-8-16)10-14-11)9-12-5-3-2-4-6-12;1-2/h2-6,8,10H,7,9H2,1H3;1-2H3. The lowest BCUT2D eigenvalue weighted by Crippen LogP contribution is -2.04. The molecule has 0 aliphatic carbocycles. The lowest BCUT2D eigenvalue weighted by atomic mass is 10.1. The van der Waals surface area contributed by atoms with Crippen molar-refractivity contribution in [1.29, 1.82) is 0 Å². The summed E-state index contributed by atoms with van der Waals surface area (Å²) < 4.78 is 1.90. The van der Waals surface area contributed by atoms with Crippen molar-refractivity contribution in [2.75, 3.05) is 0 Å². The van der Waals surface area contributed by atoms with E-state index < -0.39 is 0 Å². The quantitative estimate of drug-likeness (QED) is 0.775. The second-order valence-electron chi connectivity index (χ2n) is 3.76. The second-order valence-corrected chi connectivity index (χ2v) is 3.76. The Hall–Kier alpha value is -1.90. The third-order valence-corrected chi connectivity index (χ3v) is 2.64. The SMILES string of the molecule is CC.Cc1ncn(CC=O)c1Cc1ccccc1. The van der Waals surface area contributed by atoms with E-state index in [4.69, 9.17) is 0 Å². The molecule has 0 spiro atoms. The van der Waals surface area contributed by atoms with Gasteiger partial charge in [-0.1, -0.05) is 44.2 Å². The zero-order valence-electron chi connectivity index (χ0n) is 11.3. The van der Waals surface area contributed by atoms with Crippen LogP contribution in [0, 0.1) is 6.92 Å². The third-order valence-electron chi connectivity index (χ3n) is 2.64. The Morgan fingerprint density at radius 2 is 1.89 bits per heavy atom. The number of hydrogen-bond donors (Lipinski definition) is 0. The summed E-state index contributed by atoms with van der Waals surface area (Å²) in [6.07, 6.45) is 3.44. The molecule has 0 fully saturated rings. The van der Waals surface area contributed by atoms with E-state index in [1.54, 1.807) is 6.33 Å². The Morgan fingerprint density at radius 1 is 1.22 bits per heavy atom. The molecule has 0 aliphatic heterocycles. The minimum Gasteiger partial charge on any atom is -0.327 e. The van der Waals surface area contributed by atoms with Gasteiger partial charge in [-0.2, -0.15) is 0 Å². The van der Waals surface area contributed by atoms with Gasteiger partial charge in [0.15, 0.2) is 0 Å². The number of hydrogen-bond acceptors (Lipinski definition) is 2. The Kier molecular flexibility index (Phi) is 5.85. The molecule has 2 aromatic rings. The average Bonchev–Trinajstić information content (AvgIpc) is 2.76. The maximum atomic E-state index is 10.5. The lowest BCUT2D eigenvalue weighted by molar-refractivity contribution is -0.108. The van der Waals surface area contributed by atoms with Crippen molar-refractivity contribution in [3.05, 3.63) is 53.6 Å². The fraction of sp³-hybridized carbons (Fsp3) is 0.333. The Bertz CT molecular complexity index is 474. The van der Waals surface area contributed by atoms with Gasteiger partial charge in [0.1, 0.15) is 6.29 Å². The molecule has 0 atom stereocenters. The monoisotopic (exact) mass is 244 g/mol. The number of rotatable bonds is 4. The number of carbonyl (C=O) groups excluding carboxylic acids is 1. The molecule has 0 radical (unpaired) electrons. The molecule has 3 nitrogen and oxygen atoms in total. The summed E-state index contributed by atoms with van der Waals surface area (Å²) in [5, 5.41) is 0. The molecule has 3 heteroatoms. The molecule has 96 valence electrons. The Morgan fingerprint density at radius 3 is 2.50 bits per heavy atom. The van der Waals surface area contributed by atoms with Crippen molar-refractivity contribution in [1.82, 2.24) is 9.55 Å². The zero-order chi connectivity index (χ0) is 13.4. The van der Waals surface area contributed by atoms with E-state index in [2.05, 4.69) is 17.1 Å². The summed E-state index contributed by atoms with van der Waals surface area (Å²) in [7, 11) is 0. The highest BCUT2D eigenvalue weighted by atomic mass is 16.1. The van der Waals surface area contributed by atoms with Crippen molar-refractivity contribution in [3.63, 3.8) is 0 Å². The van der Waals surface area contributed by atoms with Gasteiger partial charge in [0.05, 0.1) is 18.6 Å². The molecule has 0 saturated carbocycles. The molecule has 0 N–H and O–H groups in total. The van der Waals surface area contributed by atoms with Crippen LogP contribution in [0.5, 0.6) is 0 Å². The highest BCUT2D eigenvalue weighted by Crippen LogP contribution is 2.12. The molecule has 0 bridgehead atoms. The van der Waals surface area contributed by atoms with E-state index >= 15 is 0 Å². The van der Waals surface area contributed by atoms with Gasteiger partial charge in [-0.3, -0.25) is 0 Å². The van der Waals surface area contributed by atoms with Gasteiger partial charge in [-0.25, -0.2) is 4.98 Å². The van der Waals surface area contributed by atoms with Gasteiger partial charge < -0.3 is 9.36 Å². The fourth-order valence-corrected chi connectivity index (χ4v) is 1.76. The molecule has 2 rings (SSSR count). The molecule has 0 unspecified atom stereocenters. The van der Waals surface area contributed by atoms with Gasteiger partial charge >= 0.3 is 0 Å². The maximum absolute atomic E-state index is 10.5. The van der Waals surface area contributed by atoms with E-state index in [0.29, 0.717) is 6.54 Å². The minimum atomic E-state index is 0.378. The van der Waals surface area contributed by atoms with E-state index in [0.717, 1.165) is 24.1 Å². The summed E-state index contributed by atoms with van der Waals surface area (Å²) in [5.74, 6) is 0. The van der Waals surface area contributed by atoms with E-state index in [1.165, 1.54) is 5.56 Å². The average molecular weight is 244 g/mol. The molecule has 0 saturated heterocycles. The number of aldehydes is 1. The van der Waals surface area contributed by atoms with Crippen molar-refractivity contribution in [2.45, 2.75) is 33.7 Å². The first-order valence-corrected chi connectivity index (χ1v) is 6.29. The maximum Gasteiger partial charge on any atom is 0.139 e. The second kappa shape index (κ2) is 7.43. The first kappa shape index (κ1) is 14.2. The van der Waals surface area contributed by atoms with Crippen LogP contribution in [0.1, 0.15) is 30.8 Å². The summed E-state index contributed by atoms with van der Waals surface area (Å²) in [6.45, 7) is 6.35. The van der Waals surface area contributed by atoms with Crippen LogP contribution >= 0.6 is 0 Å². The lowest BCUT2D eigenvalue weighted by Gasteiger charge is -2.06. The van der Waals surface area contributed by atoms with Crippen LogP contribution in [-0.2, 0) is 17.8 Å². The van der Waals surface area contributed by atoms with Crippen LogP contribution in [0.15, 0.2) is 36.7 Å². The highest BCUT2D eigenvalue weighted by Gasteiger charge is 2.07. The normalized spacial score (nSPS) is 9.50. The summed E-state index contributed by atoms with van der Waals surface area (Å²) in [5.41, 5.74) is 3.34. The van der Waals surface area contributed by atoms with Crippen molar-refractivity contribution in [3.8, 4) is 0 Å². The third kappa shape index (κ3) is 3.55. The van der Waals surface area contributed by atoms with E-state index in [9.17, 15) is 4.79 Å². The molecule has 1 heterocycles.